The van der Waals surface area contributed by atoms with Crippen molar-refractivity contribution >= 4 is 29.4 Å². The zero-order valence-electron chi connectivity index (χ0n) is 14.5. The predicted octanol–water partition coefficient (Wildman–Crippen LogP) is 4.25. The van der Waals surface area contributed by atoms with Crippen molar-refractivity contribution in [3.8, 4) is 11.5 Å². The van der Waals surface area contributed by atoms with Crippen LogP contribution in [0.1, 0.15) is 11.1 Å². The summed E-state index contributed by atoms with van der Waals surface area (Å²) in [5.74, 6) is -0.366. The average molecular weight is 399 g/mol. The van der Waals surface area contributed by atoms with E-state index in [0.717, 1.165) is 5.56 Å². The number of carbonyl (C=O) groups is 1. The molecule has 0 aliphatic heterocycles. The molecule has 2 aromatic carbocycles. The van der Waals surface area contributed by atoms with Gasteiger partial charge in [0.05, 0.1) is 13.3 Å². The Bertz CT molecular complexity index is 831. The van der Waals surface area contributed by atoms with Crippen molar-refractivity contribution in [2.24, 2.45) is 5.16 Å². The highest BCUT2D eigenvalue weighted by molar-refractivity contribution is 6.30. The summed E-state index contributed by atoms with van der Waals surface area (Å²) in [5, 5.41) is 6.93. The van der Waals surface area contributed by atoms with E-state index in [0.29, 0.717) is 16.3 Å². The largest absolute Gasteiger partial charge is 0.493 e. The maximum Gasteiger partial charge on any atom is 0.387 e. The molecule has 0 saturated carbocycles. The number of aryl methyl sites for hydroxylation is 1. The minimum Gasteiger partial charge on any atom is -0.493 e. The third-order valence-electron chi connectivity index (χ3n) is 3.34. The van der Waals surface area contributed by atoms with Crippen LogP contribution in [0.25, 0.3) is 0 Å². The van der Waals surface area contributed by atoms with Crippen molar-refractivity contribution in [2.75, 3.05) is 19.0 Å². The molecule has 6 nitrogen and oxygen atoms in total. The van der Waals surface area contributed by atoms with Gasteiger partial charge in [0.25, 0.3) is 5.91 Å². The van der Waals surface area contributed by atoms with Gasteiger partial charge in [-0.25, -0.2) is 0 Å². The van der Waals surface area contributed by atoms with Crippen LogP contribution in [0.3, 0.4) is 0 Å². The van der Waals surface area contributed by atoms with E-state index < -0.39 is 12.5 Å². The number of nitrogens with zero attached hydrogens (tertiary/aromatic N) is 1. The van der Waals surface area contributed by atoms with Crippen LogP contribution < -0.4 is 14.8 Å². The second-order valence-corrected chi connectivity index (χ2v) is 5.74. The number of rotatable bonds is 8. The maximum absolute atomic E-state index is 12.3. The number of oxime groups is 1. The Morgan fingerprint density at radius 2 is 2.04 bits per heavy atom. The number of halogens is 3. The van der Waals surface area contributed by atoms with Crippen LogP contribution in [0.15, 0.2) is 41.6 Å². The van der Waals surface area contributed by atoms with Gasteiger partial charge < -0.3 is 19.6 Å². The molecule has 0 aliphatic carbocycles. The van der Waals surface area contributed by atoms with Crippen molar-refractivity contribution < 1.29 is 27.9 Å². The van der Waals surface area contributed by atoms with Gasteiger partial charge in [-0.1, -0.05) is 16.8 Å². The molecule has 1 N–H and O–H groups in total. The van der Waals surface area contributed by atoms with Crippen LogP contribution in [0.4, 0.5) is 14.5 Å². The van der Waals surface area contributed by atoms with Crippen LogP contribution in [0, 0.1) is 6.92 Å². The lowest BCUT2D eigenvalue weighted by molar-refractivity contribution is -0.120. The number of methoxy groups -OCH3 is 1. The quantitative estimate of drug-likeness (QED) is 0.533. The fourth-order valence-corrected chi connectivity index (χ4v) is 2.33. The lowest BCUT2D eigenvalue weighted by Crippen LogP contribution is -2.17. The lowest BCUT2D eigenvalue weighted by atomic mass is 10.2. The summed E-state index contributed by atoms with van der Waals surface area (Å²) in [6, 6.07) is 9.34. The highest BCUT2D eigenvalue weighted by Gasteiger charge is 2.10. The van der Waals surface area contributed by atoms with Gasteiger partial charge in [0, 0.05) is 16.3 Å². The monoisotopic (exact) mass is 398 g/mol. The molecule has 0 saturated heterocycles. The third kappa shape index (κ3) is 6.41. The molecule has 1 amide bonds. The predicted molar refractivity (Wildman–Crippen MR) is 98.0 cm³/mol. The van der Waals surface area contributed by atoms with E-state index in [4.69, 9.17) is 21.2 Å². The zero-order valence-corrected chi connectivity index (χ0v) is 15.3. The summed E-state index contributed by atoms with van der Waals surface area (Å²) >= 11 is 5.86. The van der Waals surface area contributed by atoms with Gasteiger partial charge in [0.15, 0.2) is 18.1 Å². The number of alkyl halides is 2. The number of hydrogen-bond donors (Lipinski definition) is 1. The SMILES string of the molecule is COc1cc(/C=N/OCC(=O)Nc2ccc(Cl)cc2C)ccc1OC(F)F. The first kappa shape index (κ1) is 20.4. The first-order valence-electron chi connectivity index (χ1n) is 7.73. The Balaban J connectivity index is 1.88. The highest BCUT2D eigenvalue weighted by atomic mass is 35.5. The Kier molecular flexibility index (Phi) is 7.36. The average Bonchev–Trinajstić information content (AvgIpc) is 2.61. The zero-order chi connectivity index (χ0) is 19.8. The van der Waals surface area contributed by atoms with E-state index in [9.17, 15) is 13.6 Å². The number of amides is 1. The second-order valence-electron chi connectivity index (χ2n) is 5.30. The standard InChI is InChI=1S/C18H17ClF2N2O4/c1-11-7-13(19)4-5-14(11)23-17(24)10-26-22-9-12-3-6-15(27-18(20)21)16(8-12)25-2/h3-9,18H,10H2,1-2H3,(H,23,24)/b22-9+. The fourth-order valence-electron chi connectivity index (χ4n) is 2.11. The van der Waals surface area contributed by atoms with Gasteiger partial charge in [-0.3, -0.25) is 4.79 Å². The molecule has 0 atom stereocenters. The number of nitrogens with one attached hydrogen (secondary N) is 1. The van der Waals surface area contributed by atoms with Crippen LogP contribution in [-0.4, -0.2) is 32.4 Å². The van der Waals surface area contributed by atoms with E-state index >= 15 is 0 Å². The summed E-state index contributed by atoms with van der Waals surface area (Å²) < 4.78 is 33.9. The normalized spacial score (nSPS) is 10.9. The first-order valence-corrected chi connectivity index (χ1v) is 8.11. The molecule has 27 heavy (non-hydrogen) atoms. The van der Waals surface area contributed by atoms with Gasteiger partial charge >= 0.3 is 6.61 Å². The highest BCUT2D eigenvalue weighted by Crippen LogP contribution is 2.28. The molecule has 0 radical (unpaired) electrons. The van der Waals surface area contributed by atoms with Gasteiger partial charge in [-0.2, -0.15) is 8.78 Å². The third-order valence-corrected chi connectivity index (χ3v) is 3.57. The molecule has 144 valence electrons. The van der Waals surface area contributed by atoms with Gasteiger partial charge in [0.2, 0.25) is 0 Å². The molecule has 0 bridgehead atoms. The van der Waals surface area contributed by atoms with E-state index in [1.807, 2.05) is 6.92 Å². The summed E-state index contributed by atoms with van der Waals surface area (Å²) in [5.41, 5.74) is 1.95. The number of benzene rings is 2. The molecular formula is C18H17ClF2N2O4. The smallest absolute Gasteiger partial charge is 0.387 e. The minimum atomic E-state index is -2.95. The molecule has 9 heteroatoms. The number of carbonyl (C=O) groups excluding carboxylic acids is 1. The van der Waals surface area contributed by atoms with E-state index in [1.165, 1.54) is 31.5 Å². The molecule has 2 aromatic rings. The number of ether oxygens (including phenoxy) is 2. The van der Waals surface area contributed by atoms with E-state index in [2.05, 4.69) is 15.2 Å². The summed E-state index contributed by atoms with van der Waals surface area (Å²) in [6.45, 7) is -1.44. The van der Waals surface area contributed by atoms with Crippen molar-refractivity contribution in [1.29, 1.82) is 0 Å². The Hall–Kier alpha value is -2.87. The second kappa shape index (κ2) is 9.72. The lowest BCUT2D eigenvalue weighted by Gasteiger charge is -2.10. The Labute approximate surface area is 159 Å². The van der Waals surface area contributed by atoms with Crippen LogP contribution >= 0.6 is 11.6 Å². The van der Waals surface area contributed by atoms with Gasteiger partial charge in [-0.05, 0) is 48.9 Å². The molecule has 0 unspecified atom stereocenters. The molecule has 0 spiro atoms. The molecule has 0 aliphatic rings. The first-order chi connectivity index (χ1) is 12.9. The summed E-state index contributed by atoms with van der Waals surface area (Å²) in [7, 11) is 1.33. The maximum atomic E-state index is 12.3. The Morgan fingerprint density at radius 1 is 1.26 bits per heavy atom. The summed E-state index contributed by atoms with van der Waals surface area (Å²) in [6.07, 6.45) is 1.31. The molecule has 0 aromatic heterocycles. The van der Waals surface area contributed by atoms with Crippen molar-refractivity contribution in [1.82, 2.24) is 0 Å². The van der Waals surface area contributed by atoms with Crippen LogP contribution in [0.2, 0.25) is 5.02 Å². The summed E-state index contributed by atoms with van der Waals surface area (Å²) in [4.78, 5) is 16.8. The van der Waals surface area contributed by atoms with E-state index in [-0.39, 0.29) is 18.1 Å². The molecular weight excluding hydrogens is 382 g/mol. The number of anilines is 1. The number of hydrogen-bond acceptors (Lipinski definition) is 5. The van der Waals surface area contributed by atoms with Crippen molar-refractivity contribution in [3.63, 3.8) is 0 Å². The van der Waals surface area contributed by atoms with Crippen LogP contribution in [-0.2, 0) is 9.63 Å². The van der Waals surface area contributed by atoms with Gasteiger partial charge in [-0.15, -0.1) is 0 Å². The Morgan fingerprint density at radius 3 is 2.70 bits per heavy atom. The fraction of sp³-hybridized carbons (Fsp3) is 0.222. The van der Waals surface area contributed by atoms with Crippen molar-refractivity contribution in [2.45, 2.75) is 13.5 Å². The molecule has 0 fully saturated rings. The van der Waals surface area contributed by atoms with E-state index in [1.54, 1.807) is 18.2 Å². The molecule has 0 heterocycles. The minimum absolute atomic E-state index is 0.0942. The van der Waals surface area contributed by atoms with Gasteiger partial charge in [0.1, 0.15) is 0 Å². The van der Waals surface area contributed by atoms with Crippen molar-refractivity contribution in [3.05, 3.63) is 52.5 Å². The topological polar surface area (TPSA) is 69.2 Å². The molecule has 2 rings (SSSR count). The van der Waals surface area contributed by atoms with Crippen LogP contribution in [0.5, 0.6) is 11.5 Å².